The monoisotopic (exact) mass is 413 g/mol. The molecule has 0 radical (unpaired) electrons. The van der Waals surface area contributed by atoms with E-state index in [9.17, 15) is 9.59 Å². The maximum atomic E-state index is 13.1. The van der Waals surface area contributed by atoms with Gasteiger partial charge in [-0.2, -0.15) is 0 Å². The van der Waals surface area contributed by atoms with E-state index in [-0.39, 0.29) is 17.9 Å². The van der Waals surface area contributed by atoms with Gasteiger partial charge in [0.2, 0.25) is 0 Å². The second kappa shape index (κ2) is 8.08. The molecular formula is C20H20ClN5O3. The quantitative estimate of drug-likeness (QED) is 0.472. The van der Waals surface area contributed by atoms with Gasteiger partial charge in [-0.05, 0) is 37.8 Å². The predicted molar refractivity (Wildman–Crippen MR) is 110 cm³/mol. The van der Waals surface area contributed by atoms with Crippen molar-refractivity contribution in [1.82, 2.24) is 20.3 Å². The van der Waals surface area contributed by atoms with Crippen LogP contribution < -0.4 is 10.6 Å². The number of nitrogens with zero attached hydrogens (tertiary/aromatic N) is 2. The number of carbonyl (C=O) groups is 2. The van der Waals surface area contributed by atoms with Crippen LogP contribution in [0.2, 0.25) is 5.02 Å². The van der Waals surface area contributed by atoms with E-state index in [1.165, 1.54) is 6.33 Å². The van der Waals surface area contributed by atoms with Crippen molar-refractivity contribution in [2.24, 2.45) is 0 Å². The third-order valence-electron chi connectivity index (χ3n) is 5.23. The van der Waals surface area contributed by atoms with Gasteiger partial charge in [0, 0.05) is 23.8 Å². The van der Waals surface area contributed by atoms with Crippen molar-refractivity contribution in [3.63, 3.8) is 0 Å². The molecule has 0 saturated heterocycles. The highest BCUT2D eigenvalue weighted by Gasteiger charge is 2.25. The Hall–Kier alpha value is -3.13. The molecule has 2 aromatic heterocycles. The Morgan fingerprint density at radius 2 is 1.79 bits per heavy atom. The molecular weight excluding hydrogens is 394 g/mol. The number of H-pyrrole nitrogens is 1. The number of halogens is 1. The molecule has 29 heavy (non-hydrogen) atoms. The van der Waals surface area contributed by atoms with Crippen LogP contribution in [0, 0.1) is 0 Å². The van der Waals surface area contributed by atoms with Crippen LogP contribution in [0.15, 0.2) is 36.8 Å². The number of fused-ring (bicyclic) bond motifs is 1. The number of ketones is 1. The molecule has 1 fully saturated rings. The minimum Gasteiger partial charge on any atom is -0.465 e. The van der Waals surface area contributed by atoms with Gasteiger partial charge in [-0.3, -0.25) is 4.79 Å². The van der Waals surface area contributed by atoms with Crippen molar-refractivity contribution in [3.05, 3.63) is 52.9 Å². The van der Waals surface area contributed by atoms with Gasteiger partial charge in [0.1, 0.15) is 17.8 Å². The molecule has 4 rings (SSSR count). The lowest BCUT2D eigenvalue weighted by atomic mass is 9.91. The number of nitrogens with one attached hydrogen (secondary N) is 3. The summed E-state index contributed by atoms with van der Waals surface area (Å²) in [5.41, 5.74) is 1.45. The number of hydrogen-bond donors (Lipinski definition) is 4. The second-order valence-corrected chi connectivity index (χ2v) is 7.51. The number of carbonyl (C=O) groups excluding carboxylic acids is 1. The van der Waals surface area contributed by atoms with E-state index in [1.54, 1.807) is 30.5 Å². The zero-order valence-electron chi connectivity index (χ0n) is 15.5. The van der Waals surface area contributed by atoms with Crippen LogP contribution in [-0.4, -0.2) is 44.0 Å². The molecule has 2 heterocycles. The maximum absolute atomic E-state index is 13.1. The molecule has 0 spiro atoms. The van der Waals surface area contributed by atoms with Gasteiger partial charge >= 0.3 is 6.09 Å². The first-order valence-corrected chi connectivity index (χ1v) is 9.78. The van der Waals surface area contributed by atoms with Crippen molar-refractivity contribution >= 4 is 40.3 Å². The number of aromatic amines is 1. The average Bonchev–Trinajstić information content (AvgIpc) is 3.14. The van der Waals surface area contributed by atoms with Crippen molar-refractivity contribution in [1.29, 1.82) is 0 Å². The van der Waals surface area contributed by atoms with Crippen molar-refractivity contribution in [2.45, 2.75) is 37.8 Å². The Labute approximate surface area is 171 Å². The van der Waals surface area contributed by atoms with Crippen molar-refractivity contribution in [2.75, 3.05) is 5.32 Å². The summed E-state index contributed by atoms with van der Waals surface area (Å²) in [6, 6.07) is 7.03. The molecule has 1 aliphatic rings. The topological polar surface area (TPSA) is 120 Å². The van der Waals surface area contributed by atoms with Gasteiger partial charge in [-0.15, -0.1) is 0 Å². The highest BCUT2D eigenvalue weighted by molar-refractivity contribution is 6.35. The third kappa shape index (κ3) is 4.02. The molecule has 0 aliphatic heterocycles. The molecule has 1 aliphatic carbocycles. The van der Waals surface area contributed by atoms with Crippen molar-refractivity contribution < 1.29 is 14.7 Å². The first-order valence-electron chi connectivity index (χ1n) is 9.40. The summed E-state index contributed by atoms with van der Waals surface area (Å²) in [5, 5.41) is 15.8. The summed E-state index contributed by atoms with van der Waals surface area (Å²) >= 11 is 6.21. The summed E-state index contributed by atoms with van der Waals surface area (Å²) in [5.74, 6) is 0.385. The molecule has 9 heteroatoms. The largest absolute Gasteiger partial charge is 0.465 e. The van der Waals surface area contributed by atoms with E-state index >= 15 is 0 Å². The van der Waals surface area contributed by atoms with Gasteiger partial charge in [-0.25, -0.2) is 14.8 Å². The summed E-state index contributed by atoms with van der Waals surface area (Å²) in [4.78, 5) is 35.5. The van der Waals surface area contributed by atoms with E-state index < -0.39 is 6.09 Å². The zero-order chi connectivity index (χ0) is 20.4. The number of aromatic nitrogens is 3. The molecule has 150 valence electrons. The van der Waals surface area contributed by atoms with Crippen LogP contribution >= 0.6 is 11.6 Å². The second-order valence-electron chi connectivity index (χ2n) is 7.10. The SMILES string of the molecule is O=C(O)N[C@H]1CC[C@H](Nc2ncnc3[nH]cc(C(=O)c4ccccc4Cl)c23)CC1. The summed E-state index contributed by atoms with van der Waals surface area (Å²) in [7, 11) is 0. The Morgan fingerprint density at radius 1 is 1.07 bits per heavy atom. The number of carboxylic acid groups (broad SMARTS) is 1. The average molecular weight is 414 g/mol. The lowest BCUT2D eigenvalue weighted by Gasteiger charge is -2.29. The van der Waals surface area contributed by atoms with Gasteiger partial charge in [0.15, 0.2) is 5.78 Å². The summed E-state index contributed by atoms with van der Waals surface area (Å²) < 4.78 is 0. The third-order valence-corrected chi connectivity index (χ3v) is 5.56. The Morgan fingerprint density at radius 3 is 2.52 bits per heavy atom. The fourth-order valence-electron chi connectivity index (χ4n) is 3.79. The number of anilines is 1. The summed E-state index contributed by atoms with van der Waals surface area (Å²) in [6.07, 6.45) is 5.18. The van der Waals surface area contributed by atoms with E-state index in [1.807, 2.05) is 0 Å². The van der Waals surface area contributed by atoms with Crippen molar-refractivity contribution in [3.8, 4) is 0 Å². The normalized spacial score (nSPS) is 19.1. The van der Waals surface area contributed by atoms with Crippen LogP contribution in [0.1, 0.15) is 41.6 Å². The van der Waals surface area contributed by atoms with E-state index in [0.717, 1.165) is 25.7 Å². The van der Waals surface area contributed by atoms with E-state index in [2.05, 4.69) is 25.6 Å². The lowest BCUT2D eigenvalue weighted by Crippen LogP contribution is -2.39. The fraction of sp³-hybridized carbons (Fsp3) is 0.300. The Bertz CT molecular complexity index is 1060. The first kappa shape index (κ1) is 19.2. The highest BCUT2D eigenvalue weighted by atomic mass is 35.5. The molecule has 0 unspecified atom stereocenters. The molecule has 1 saturated carbocycles. The van der Waals surface area contributed by atoms with Gasteiger partial charge in [-0.1, -0.05) is 23.7 Å². The number of hydrogen-bond acceptors (Lipinski definition) is 5. The van der Waals surface area contributed by atoms with Gasteiger partial charge in [0.25, 0.3) is 0 Å². The predicted octanol–water partition coefficient (Wildman–Crippen LogP) is 3.83. The van der Waals surface area contributed by atoms with Crippen LogP contribution in [0.25, 0.3) is 11.0 Å². The van der Waals surface area contributed by atoms with Gasteiger partial charge < -0.3 is 20.7 Å². The van der Waals surface area contributed by atoms with Crippen LogP contribution in [0.5, 0.6) is 0 Å². The van der Waals surface area contributed by atoms with Crippen LogP contribution in [-0.2, 0) is 0 Å². The smallest absolute Gasteiger partial charge is 0.404 e. The molecule has 1 amide bonds. The van der Waals surface area contributed by atoms with E-state index in [0.29, 0.717) is 33.0 Å². The maximum Gasteiger partial charge on any atom is 0.404 e. The molecule has 8 nitrogen and oxygen atoms in total. The minimum absolute atomic E-state index is 0.0272. The zero-order valence-corrected chi connectivity index (χ0v) is 16.2. The molecule has 1 aromatic carbocycles. The van der Waals surface area contributed by atoms with Gasteiger partial charge in [0.05, 0.1) is 16.0 Å². The number of benzene rings is 1. The van der Waals surface area contributed by atoms with Crippen LogP contribution in [0.3, 0.4) is 0 Å². The highest BCUT2D eigenvalue weighted by Crippen LogP contribution is 2.30. The summed E-state index contributed by atoms with van der Waals surface area (Å²) in [6.45, 7) is 0. The molecule has 3 aromatic rings. The fourth-order valence-corrected chi connectivity index (χ4v) is 4.01. The number of rotatable bonds is 5. The van der Waals surface area contributed by atoms with Crippen LogP contribution in [0.4, 0.5) is 10.6 Å². The first-order chi connectivity index (χ1) is 14.0. The van der Waals surface area contributed by atoms with E-state index in [4.69, 9.17) is 16.7 Å². The standard InChI is InChI=1S/C20H20ClN5O3/c21-15-4-2-1-3-13(15)17(27)14-9-22-18-16(14)19(24-10-23-18)25-11-5-7-12(8-6-11)26-20(28)29/h1-4,9-12,26H,5-8H2,(H,28,29)(H2,22,23,24,25)/t11-,12-. The minimum atomic E-state index is -0.992. The molecule has 0 atom stereocenters. The lowest BCUT2D eigenvalue weighted by molar-refractivity contribution is 0.104. The molecule has 0 bridgehead atoms. The Balaban J connectivity index is 1.58. The number of amides is 1. The molecule has 4 N–H and O–H groups in total. The Kier molecular flexibility index (Phi) is 5.35.